The van der Waals surface area contributed by atoms with Gasteiger partial charge in [0.1, 0.15) is 11.1 Å². The molecule has 1 amide bonds. The summed E-state index contributed by atoms with van der Waals surface area (Å²) in [6.45, 7) is 1.74. The number of nitrogens with two attached hydrogens (primary N) is 1. The molecule has 1 aromatic rings. The Kier molecular flexibility index (Phi) is 6.80. The van der Waals surface area contributed by atoms with Gasteiger partial charge in [-0.05, 0) is 44.9 Å². The molecule has 1 unspecified atom stereocenters. The maximum absolute atomic E-state index is 12.7. The second-order valence-corrected chi connectivity index (χ2v) is 8.81. The van der Waals surface area contributed by atoms with Crippen LogP contribution in [0.25, 0.3) is 0 Å². The third-order valence-electron chi connectivity index (χ3n) is 6.21. The van der Waals surface area contributed by atoms with Gasteiger partial charge in [-0.1, -0.05) is 11.6 Å². The molecular weight excluding hydrogens is 410 g/mol. The minimum absolute atomic E-state index is 0.128. The number of alkyl carbamates (subject to hydrolysis) is 1. The molecule has 1 aliphatic carbocycles. The predicted octanol–water partition coefficient (Wildman–Crippen LogP) is 2.17. The van der Waals surface area contributed by atoms with Crippen molar-refractivity contribution < 1.29 is 14.3 Å². The van der Waals surface area contributed by atoms with E-state index in [1.807, 2.05) is 4.90 Å². The molecule has 3 aliphatic rings. The van der Waals surface area contributed by atoms with Crippen molar-refractivity contribution in [2.75, 3.05) is 24.6 Å². The van der Waals surface area contributed by atoms with E-state index in [1.165, 1.54) is 4.68 Å². The van der Waals surface area contributed by atoms with Crippen LogP contribution in [0.4, 0.5) is 10.5 Å². The lowest BCUT2D eigenvalue weighted by atomic mass is 9.92. The lowest BCUT2D eigenvalue weighted by Gasteiger charge is -2.27. The second kappa shape index (κ2) is 9.53. The predicted molar refractivity (Wildman–Crippen MR) is 113 cm³/mol. The van der Waals surface area contributed by atoms with Crippen LogP contribution in [0, 0.1) is 0 Å². The molecule has 166 valence electrons. The van der Waals surface area contributed by atoms with Gasteiger partial charge in [-0.2, -0.15) is 9.78 Å². The van der Waals surface area contributed by atoms with Crippen LogP contribution in [0.2, 0.25) is 5.02 Å². The van der Waals surface area contributed by atoms with Gasteiger partial charge in [0, 0.05) is 31.7 Å². The van der Waals surface area contributed by atoms with E-state index in [1.54, 1.807) is 6.20 Å². The SMILES string of the molecule is NC1CCC(NC(=O)O[C@@H]2CCN(c3cnn(C4CCCCO4)c(=O)c3Cl)C2)CC1. The summed E-state index contributed by atoms with van der Waals surface area (Å²) < 4.78 is 12.6. The monoisotopic (exact) mass is 439 g/mol. The van der Waals surface area contributed by atoms with E-state index in [9.17, 15) is 9.59 Å². The Morgan fingerprint density at radius 1 is 1.23 bits per heavy atom. The third-order valence-corrected chi connectivity index (χ3v) is 6.56. The molecule has 2 saturated heterocycles. The average molecular weight is 440 g/mol. The van der Waals surface area contributed by atoms with Crippen molar-refractivity contribution in [3.05, 3.63) is 21.6 Å². The number of carbonyl (C=O) groups is 1. The molecular formula is C20H30ClN5O4. The Morgan fingerprint density at radius 2 is 2.03 bits per heavy atom. The summed E-state index contributed by atoms with van der Waals surface area (Å²) in [6.07, 6.45) is 7.64. The molecule has 3 N–H and O–H groups in total. The van der Waals surface area contributed by atoms with E-state index in [4.69, 9.17) is 26.8 Å². The first kappa shape index (κ1) is 21.4. The van der Waals surface area contributed by atoms with Crippen LogP contribution in [-0.2, 0) is 9.47 Å². The van der Waals surface area contributed by atoms with Crippen molar-refractivity contribution in [3.63, 3.8) is 0 Å². The fourth-order valence-electron chi connectivity index (χ4n) is 4.44. The van der Waals surface area contributed by atoms with E-state index in [-0.39, 0.29) is 35.0 Å². The normalized spacial score (nSPS) is 29.6. The standard InChI is InChI=1S/C20H30ClN5O4/c21-18-16(11-23-26(19(18)27)17-3-1-2-10-29-17)25-9-8-15(12-25)30-20(28)24-14-6-4-13(22)5-7-14/h11,13-15,17H,1-10,12,22H2,(H,24,28)/t13?,14?,15-,17?/m1/s1. The molecule has 0 radical (unpaired) electrons. The highest BCUT2D eigenvalue weighted by Crippen LogP contribution is 2.28. The minimum atomic E-state index is -0.392. The van der Waals surface area contributed by atoms with E-state index in [0.29, 0.717) is 31.8 Å². The van der Waals surface area contributed by atoms with Crippen molar-refractivity contribution in [1.82, 2.24) is 15.1 Å². The molecule has 1 aromatic heterocycles. The quantitative estimate of drug-likeness (QED) is 0.739. The fraction of sp³-hybridized carbons (Fsp3) is 0.750. The van der Waals surface area contributed by atoms with E-state index < -0.39 is 6.09 Å². The highest BCUT2D eigenvalue weighted by atomic mass is 35.5. The number of ether oxygens (including phenoxy) is 2. The number of amides is 1. The van der Waals surface area contributed by atoms with Crippen molar-refractivity contribution in [3.8, 4) is 0 Å². The lowest BCUT2D eigenvalue weighted by molar-refractivity contribution is -0.0424. The first-order chi connectivity index (χ1) is 14.5. The third kappa shape index (κ3) is 4.90. The number of hydrogen-bond donors (Lipinski definition) is 2. The van der Waals surface area contributed by atoms with Crippen LogP contribution in [0.1, 0.15) is 57.6 Å². The van der Waals surface area contributed by atoms with Crippen LogP contribution in [0.15, 0.2) is 11.0 Å². The Labute approximate surface area is 180 Å². The van der Waals surface area contributed by atoms with Crippen molar-refractivity contribution in [2.24, 2.45) is 5.73 Å². The van der Waals surface area contributed by atoms with Crippen LogP contribution < -0.4 is 21.5 Å². The van der Waals surface area contributed by atoms with Gasteiger partial charge in [-0.15, -0.1) is 0 Å². The zero-order valence-corrected chi connectivity index (χ0v) is 17.9. The summed E-state index contributed by atoms with van der Waals surface area (Å²) in [5.41, 5.74) is 6.13. The van der Waals surface area contributed by atoms with Gasteiger partial charge in [0.05, 0.1) is 18.4 Å². The topological polar surface area (TPSA) is 112 Å². The Hall–Kier alpha value is -1.84. The first-order valence-corrected chi connectivity index (χ1v) is 11.3. The van der Waals surface area contributed by atoms with Crippen LogP contribution in [-0.4, -0.2) is 53.8 Å². The molecule has 9 nitrogen and oxygen atoms in total. The molecule has 2 aliphatic heterocycles. The maximum atomic E-state index is 12.7. The largest absolute Gasteiger partial charge is 0.444 e. The molecule has 10 heteroatoms. The van der Waals surface area contributed by atoms with Crippen molar-refractivity contribution >= 4 is 23.4 Å². The van der Waals surface area contributed by atoms with Gasteiger partial charge >= 0.3 is 6.09 Å². The Morgan fingerprint density at radius 3 is 2.77 bits per heavy atom. The number of rotatable bonds is 4. The summed E-state index contributed by atoms with van der Waals surface area (Å²) in [5.74, 6) is 0. The smallest absolute Gasteiger partial charge is 0.407 e. The van der Waals surface area contributed by atoms with Crippen LogP contribution >= 0.6 is 11.6 Å². The molecule has 0 aromatic carbocycles. The molecule has 30 heavy (non-hydrogen) atoms. The number of carbonyl (C=O) groups excluding carboxylic acids is 1. The van der Waals surface area contributed by atoms with Gasteiger partial charge in [-0.3, -0.25) is 4.79 Å². The number of halogens is 1. The van der Waals surface area contributed by atoms with Crippen molar-refractivity contribution in [1.29, 1.82) is 0 Å². The van der Waals surface area contributed by atoms with Gasteiger partial charge in [-0.25, -0.2) is 4.79 Å². The summed E-state index contributed by atoms with van der Waals surface area (Å²) >= 11 is 6.39. The maximum Gasteiger partial charge on any atom is 0.407 e. The fourth-order valence-corrected chi connectivity index (χ4v) is 4.69. The first-order valence-electron chi connectivity index (χ1n) is 10.9. The van der Waals surface area contributed by atoms with Gasteiger partial charge in [0.2, 0.25) is 0 Å². The Balaban J connectivity index is 1.33. The molecule has 0 spiro atoms. The highest BCUT2D eigenvalue weighted by Gasteiger charge is 2.30. The molecule has 1 saturated carbocycles. The highest BCUT2D eigenvalue weighted by molar-refractivity contribution is 6.33. The lowest BCUT2D eigenvalue weighted by Crippen LogP contribution is -2.42. The zero-order valence-electron chi connectivity index (χ0n) is 17.1. The number of aromatic nitrogens is 2. The molecule has 3 fully saturated rings. The van der Waals surface area contributed by atoms with Gasteiger partial charge in [0.15, 0.2) is 6.23 Å². The number of hydrogen-bond acceptors (Lipinski definition) is 7. The zero-order chi connectivity index (χ0) is 21.1. The Bertz CT molecular complexity index is 805. The summed E-state index contributed by atoms with van der Waals surface area (Å²) in [4.78, 5) is 26.9. The minimum Gasteiger partial charge on any atom is -0.444 e. The number of nitrogens with one attached hydrogen (secondary N) is 1. The second-order valence-electron chi connectivity index (χ2n) is 8.43. The molecule has 2 atom stereocenters. The van der Waals surface area contributed by atoms with Crippen molar-refractivity contribution in [2.45, 2.75) is 75.8 Å². The summed E-state index contributed by atoms with van der Waals surface area (Å²) in [5, 5.41) is 7.37. The van der Waals surface area contributed by atoms with Crippen LogP contribution in [0.3, 0.4) is 0 Å². The van der Waals surface area contributed by atoms with E-state index >= 15 is 0 Å². The van der Waals surface area contributed by atoms with E-state index in [2.05, 4.69) is 10.4 Å². The van der Waals surface area contributed by atoms with Gasteiger partial charge in [0.25, 0.3) is 5.56 Å². The molecule has 0 bridgehead atoms. The average Bonchev–Trinajstić information content (AvgIpc) is 3.20. The number of nitrogens with zero attached hydrogens (tertiary/aromatic N) is 3. The summed E-state index contributed by atoms with van der Waals surface area (Å²) in [7, 11) is 0. The molecule has 4 rings (SSSR count). The van der Waals surface area contributed by atoms with Crippen LogP contribution in [0.5, 0.6) is 0 Å². The molecule has 3 heterocycles. The number of anilines is 1. The van der Waals surface area contributed by atoms with Gasteiger partial charge < -0.3 is 25.4 Å². The summed E-state index contributed by atoms with van der Waals surface area (Å²) in [6, 6.07) is 0.365. The van der Waals surface area contributed by atoms with E-state index in [0.717, 1.165) is 44.9 Å².